The van der Waals surface area contributed by atoms with Gasteiger partial charge in [-0.05, 0) is 39.2 Å². The molecule has 3 N–H and O–H groups in total. The zero-order chi connectivity index (χ0) is 20.2. The molecule has 1 aromatic rings. The lowest BCUT2D eigenvalue weighted by Crippen LogP contribution is -2.49. The van der Waals surface area contributed by atoms with Gasteiger partial charge in [0, 0.05) is 38.6 Å². The summed E-state index contributed by atoms with van der Waals surface area (Å²) in [5, 5.41) is 17.1. The molecule has 0 bridgehead atoms. The fourth-order valence-electron chi connectivity index (χ4n) is 3.38. The third kappa shape index (κ3) is 11.2. The monoisotopic (exact) mass is 518 g/mol. The molecule has 1 aliphatic heterocycles. The summed E-state index contributed by atoms with van der Waals surface area (Å²) in [6.07, 6.45) is 2.65. The molecule has 166 valence electrons. The normalized spacial score (nSPS) is 17.1. The first kappa shape index (κ1) is 26.1. The Hall–Kier alpha value is -0.900. The zero-order valence-electron chi connectivity index (χ0n) is 18.1. The van der Waals surface area contributed by atoms with Gasteiger partial charge in [-0.2, -0.15) is 0 Å². The lowest BCUT2D eigenvalue weighted by molar-refractivity contribution is 0.0532. The van der Waals surface area contributed by atoms with E-state index in [1.54, 1.807) is 0 Å². The molecule has 0 aromatic heterocycles. The van der Waals surface area contributed by atoms with Crippen LogP contribution in [0.5, 0.6) is 0 Å². The molecule has 7 heteroatoms. The van der Waals surface area contributed by atoms with Crippen molar-refractivity contribution in [3.8, 4) is 0 Å². The van der Waals surface area contributed by atoms with Crippen LogP contribution in [-0.2, 0) is 11.2 Å². The van der Waals surface area contributed by atoms with Gasteiger partial charge in [0.2, 0.25) is 0 Å². The van der Waals surface area contributed by atoms with Crippen LogP contribution in [0.2, 0.25) is 0 Å². The fourth-order valence-corrected chi connectivity index (χ4v) is 3.38. The van der Waals surface area contributed by atoms with Crippen molar-refractivity contribution in [2.24, 2.45) is 4.99 Å². The molecule has 2 rings (SSSR count). The number of guanidine groups is 1. The highest BCUT2D eigenvalue weighted by Crippen LogP contribution is 2.10. The Morgan fingerprint density at radius 1 is 1.24 bits per heavy atom. The van der Waals surface area contributed by atoms with E-state index in [-0.39, 0.29) is 24.0 Å². The van der Waals surface area contributed by atoms with Crippen LogP contribution in [0.3, 0.4) is 0 Å². The molecule has 0 radical (unpaired) electrons. The van der Waals surface area contributed by atoms with Crippen LogP contribution >= 0.6 is 24.0 Å². The van der Waals surface area contributed by atoms with Gasteiger partial charge in [0.15, 0.2) is 5.96 Å². The van der Waals surface area contributed by atoms with Gasteiger partial charge >= 0.3 is 0 Å². The molecule has 29 heavy (non-hydrogen) atoms. The summed E-state index contributed by atoms with van der Waals surface area (Å²) in [5.74, 6) is 0.802. The predicted molar refractivity (Wildman–Crippen MR) is 131 cm³/mol. The Bertz CT molecular complexity index is 563. The summed E-state index contributed by atoms with van der Waals surface area (Å²) in [7, 11) is 0. The molecule has 1 fully saturated rings. The lowest BCUT2D eigenvalue weighted by Gasteiger charge is -2.33. The third-order valence-electron chi connectivity index (χ3n) is 4.91. The highest BCUT2D eigenvalue weighted by molar-refractivity contribution is 14.0. The first-order valence-corrected chi connectivity index (χ1v) is 10.7. The molecular formula is C22H39IN4O2. The van der Waals surface area contributed by atoms with Gasteiger partial charge < -0.3 is 25.4 Å². The molecule has 1 unspecified atom stereocenters. The Morgan fingerprint density at radius 2 is 1.93 bits per heavy atom. The second kappa shape index (κ2) is 15.0. The maximum Gasteiger partial charge on any atom is 0.191 e. The number of aliphatic hydroxyl groups is 1. The Kier molecular flexibility index (Phi) is 13.5. The molecule has 0 aliphatic carbocycles. The van der Waals surface area contributed by atoms with Crippen LogP contribution < -0.4 is 10.6 Å². The zero-order valence-corrected chi connectivity index (χ0v) is 20.5. The van der Waals surface area contributed by atoms with Crippen molar-refractivity contribution >= 4 is 29.9 Å². The van der Waals surface area contributed by atoms with E-state index in [4.69, 9.17) is 4.74 Å². The Labute approximate surface area is 193 Å². The predicted octanol–water partition coefficient (Wildman–Crippen LogP) is 2.65. The number of likely N-dealkylation sites (tertiary alicyclic amines) is 1. The van der Waals surface area contributed by atoms with E-state index in [1.165, 1.54) is 0 Å². The number of nitrogens with one attached hydrogen (secondary N) is 2. The number of aliphatic hydroxyl groups excluding tert-OH is 1. The minimum atomic E-state index is -0.472. The van der Waals surface area contributed by atoms with Crippen LogP contribution in [0.15, 0.2) is 35.3 Å². The maximum atomic E-state index is 10.3. The number of aliphatic imine (C=N–C) groups is 1. The van der Waals surface area contributed by atoms with Crippen molar-refractivity contribution in [1.29, 1.82) is 0 Å². The van der Waals surface area contributed by atoms with Gasteiger partial charge in [0.25, 0.3) is 0 Å². The summed E-state index contributed by atoms with van der Waals surface area (Å²) in [4.78, 5) is 7.07. The molecule has 1 atom stereocenters. The molecule has 1 aromatic carbocycles. The van der Waals surface area contributed by atoms with Crippen LogP contribution in [-0.4, -0.2) is 73.5 Å². The third-order valence-corrected chi connectivity index (χ3v) is 4.91. The highest BCUT2D eigenvalue weighted by atomic mass is 127. The molecule has 6 nitrogen and oxygen atoms in total. The maximum absolute atomic E-state index is 10.3. The van der Waals surface area contributed by atoms with E-state index < -0.39 is 6.10 Å². The summed E-state index contributed by atoms with van der Waals surface area (Å²) in [6.45, 7) is 11.4. The number of hydrogen-bond donors (Lipinski definition) is 3. The van der Waals surface area contributed by atoms with E-state index in [2.05, 4.69) is 41.3 Å². The van der Waals surface area contributed by atoms with E-state index in [9.17, 15) is 5.11 Å². The average Bonchev–Trinajstić information content (AvgIpc) is 2.68. The van der Waals surface area contributed by atoms with Gasteiger partial charge in [-0.25, -0.2) is 0 Å². The minimum Gasteiger partial charge on any atom is -0.391 e. The van der Waals surface area contributed by atoms with Crippen LogP contribution in [0.25, 0.3) is 0 Å². The van der Waals surface area contributed by atoms with Gasteiger partial charge in [-0.15, -0.1) is 24.0 Å². The smallest absolute Gasteiger partial charge is 0.191 e. The standard InChI is InChI=1S/C22H38N4O2.HI/c1-4-23-22(24-17-21(27)16-19-8-6-5-7-9-19)25-20-10-12-26(13-11-20)14-15-28-18(2)3;/h5-9,18,20-21,27H,4,10-17H2,1-3H3,(H2,23,24,25);1H. The average molecular weight is 518 g/mol. The van der Waals surface area contributed by atoms with E-state index >= 15 is 0 Å². The van der Waals surface area contributed by atoms with Crippen LogP contribution in [0, 0.1) is 0 Å². The summed E-state index contributed by atoms with van der Waals surface area (Å²) in [5.41, 5.74) is 1.14. The number of halogens is 1. The number of nitrogens with zero attached hydrogens (tertiary/aromatic N) is 2. The quantitative estimate of drug-likeness (QED) is 0.253. The summed E-state index contributed by atoms with van der Waals surface area (Å²) in [6, 6.07) is 10.5. The summed E-state index contributed by atoms with van der Waals surface area (Å²) < 4.78 is 5.65. The molecule has 0 spiro atoms. The largest absolute Gasteiger partial charge is 0.391 e. The van der Waals surface area contributed by atoms with Crippen LogP contribution in [0.4, 0.5) is 0 Å². The van der Waals surface area contributed by atoms with Crippen molar-refractivity contribution in [3.05, 3.63) is 35.9 Å². The first-order valence-electron chi connectivity index (χ1n) is 10.7. The van der Waals surface area contributed by atoms with Crippen LogP contribution in [0.1, 0.15) is 39.2 Å². The number of benzene rings is 1. The van der Waals surface area contributed by atoms with Crippen molar-refractivity contribution in [2.45, 2.75) is 58.3 Å². The number of ether oxygens (including phenoxy) is 1. The first-order chi connectivity index (χ1) is 13.6. The van der Waals surface area contributed by atoms with Gasteiger partial charge in [0.05, 0.1) is 25.4 Å². The number of rotatable bonds is 10. The molecule has 0 saturated carbocycles. The van der Waals surface area contributed by atoms with Gasteiger partial charge in [-0.3, -0.25) is 4.99 Å². The van der Waals surface area contributed by atoms with Gasteiger partial charge in [0.1, 0.15) is 0 Å². The Balaban J connectivity index is 0.00000420. The topological polar surface area (TPSA) is 69.1 Å². The molecule has 0 amide bonds. The van der Waals surface area contributed by atoms with Crippen molar-refractivity contribution in [3.63, 3.8) is 0 Å². The SMILES string of the molecule is CCNC(=NCC(O)Cc1ccccc1)NC1CCN(CCOC(C)C)CC1.I. The number of hydrogen-bond acceptors (Lipinski definition) is 4. The van der Waals surface area contributed by atoms with E-state index in [0.29, 0.717) is 25.1 Å². The highest BCUT2D eigenvalue weighted by Gasteiger charge is 2.20. The number of piperidine rings is 1. The second-order valence-electron chi connectivity index (χ2n) is 7.74. The molecular weight excluding hydrogens is 479 g/mol. The van der Waals surface area contributed by atoms with Gasteiger partial charge in [-0.1, -0.05) is 30.3 Å². The Morgan fingerprint density at radius 3 is 2.55 bits per heavy atom. The van der Waals surface area contributed by atoms with Crippen molar-refractivity contribution in [1.82, 2.24) is 15.5 Å². The lowest BCUT2D eigenvalue weighted by atomic mass is 10.1. The van der Waals surface area contributed by atoms with Crippen molar-refractivity contribution < 1.29 is 9.84 Å². The van der Waals surface area contributed by atoms with E-state index in [0.717, 1.165) is 57.2 Å². The summed E-state index contributed by atoms with van der Waals surface area (Å²) >= 11 is 0. The molecule has 1 saturated heterocycles. The minimum absolute atomic E-state index is 0. The molecule has 1 heterocycles. The molecule has 1 aliphatic rings. The van der Waals surface area contributed by atoms with E-state index in [1.807, 2.05) is 30.3 Å². The fraction of sp³-hybridized carbons (Fsp3) is 0.682. The van der Waals surface area contributed by atoms with Crippen molar-refractivity contribution in [2.75, 3.05) is 39.3 Å². The second-order valence-corrected chi connectivity index (χ2v) is 7.74.